The number of ether oxygens (including phenoxy) is 1. The Morgan fingerprint density at radius 2 is 1.81 bits per heavy atom. The van der Waals surface area contributed by atoms with Gasteiger partial charge in [-0.15, -0.1) is 11.3 Å². The zero-order valence-electron chi connectivity index (χ0n) is 15.9. The molecule has 1 N–H and O–H groups in total. The molecule has 5 nitrogen and oxygen atoms in total. The molecule has 1 atom stereocenters. The summed E-state index contributed by atoms with van der Waals surface area (Å²) in [5, 5.41) is 2.98. The fourth-order valence-electron chi connectivity index (χ4n) is 3.31. The molecule has 1 saturated carbocycles. The van der Waals surface area contributed by atoms with Crippen LogP contribution in [-0.4, -0.2) is 29.8 Å². The average Bonchev–Trinajstić information content (AvgIpc) is 2.77. The van der Waals surface area contributed by atoms with Crippen molar-refractivity contribution in [3.63, 3.8) is 0 Å². The summed E-state index contributed by atoms with van der Waals surface area (Å²) in [7, 11) is 0. The van der Waals surface area contributed by atoms with Gasteiger partial charge in [-0.05, 0) is 39.7 Å². The van der Waals surface area contributed by atoms with Gasteiger partial charge < -0.3 is 10.1 Å². The van der Waals surface area contributed by atoms with E-state index in [-0.39, 0.29) is 30.6 Å². The number of esters is 1. The Morgan fingerprint density at radius 3 is 2.38 bits per heavy atom. The summed E-state index contributed by atoms with van der Waals surface area (Å²) in [6.07, 6.45) is 5.93. The number of carbonyl (C=O) groups excluding carboxylic acids is 3. The van der Waals surface area contributed by atoms with Gasteiger partial charge in [0.2, 0.25) is 0 Å². The topological polar surface area (TPSA) is 72.5 Å². The highest BCUT2D eigenvalue weighted by molar-refractivity contribution is 7.12. The molecule has 2 rings (SSSR count). The van der Waals surface area contributed by atoms with E-state index in [4.69, 9.17) is 4.74 Å². The highest BCUT2D eigenvalue weighted by Crippen LogP contribution is 2.22. The molecule has 1 fully saturated rings. The molecule has 26 heavy (non-hydrogen) atoms. The van der Waals surface area contributed by atoms with Gasteiger partial charge in [0, 0.05) is 27.8 Å². The van der Waals surface area contributed by atoms with Crippen LogP contribution >= 0.6 is 11.3 Å². The monoisotopic (exact) mass is 379 g/mol. The summed E-state index contributed by atoms with van der Waals surface area (Å²) in [5.74, 6) is -0.813. The Kier molecular flexibility index (Phi) is 7.82. The zero-order chi connectivity index (χ0) is 19.1. The van der Waals surface area contributed by atoms with Gasteiger partial charge in [-0.2, -0.15) is 0 Å². The molecule has 6 heteroatoms. The van der Waals surface area contributed by atoms with Crippen LogP contribution in [-0.2, 0) is 14.3 Å². The van der Waals surface area contributed by atoms with Crippen LogP contribution in [0, 0.1) is 13.8 Å². The highest BCUT2D eigenvalue weighted by Gasteiger charge is 2.22. The van der Waals surface area contributed by atoms with Crippen LogP contribution in [0.25, 0.3) is 0 Å². The van der Waals surface area contributed by atoms with Crippen LogP contribution in [0.3, 0.4) is 0 Å². The van der Waals surface area contributed by atoms with Gasteiger partial charge in [-0.1, -0.05) is 25.7 Å². The van der Waals surface area contributed by atoms with Gasteiger partial charge in [0.1, 0.15) is 0 Å². The van der Waals surface area contributed by atoms with Crippen molar-refractivity contribution in [2.24, 2.45) is 0 Å². The number of carbonyl (C=O) groups is 3. The van der Waals surface area contributed by atoms with E-state index in [0.717, 1.165) is 35.4 Å². The summed E-state index contributed by atoms with van der Waals surface area (Å²) in [5.41, 5.74) is 0.680. The first-order valence-corrected chi connectivity index (χ1v) is 10.3. The van der Waals surface area contributed by atoms with E-state index in [1.54, 1.807) is 18.3 Å². The van der Waals surface area contributed by atoms with E-state index in [0.29, 0.717) is 5.56 Å². The van der Waals surface area contributed by atoms with Crippen molar-refractivity contribution >= 4 is 29.0 Å². The number of hydrogen-bond acceptors (Lipinski definition) is 5. The van der Waals surface area contributed by atoms with Crippen molar-refractivity contribution in [3.05, 3.63) is 21.4 Å². The van der Waals surface area contributed by atoms with Crippen molar-refractivity contribution < 1.29 is 19.1 Å². The molecule has 1 aliphatic carbocycles. The molecule has 1 amide bonds. The maximum absolute atomic E-state index is 12.2. The van der Waals surface area contributed by atoms with Crippen LogP contribution < -0.4 is 5.32 Å². The Hall–Kier alpha value is -1.69. The van der Waals surface area contributed by atoms with Gasteiger partial charge in [0.05, 0.1) is 6.42 Å². The van der Waals surface area contributed by atoms with Crippen molar-refractivity contribution in [2.45, 2.75) is 84.3 Å². The number of ketones is 1. The molecule has 0 bridgehead atoms. The number of rotatable bonds is 7. The third-order valence-corrected chi connectivity index (χ3v) is 5.74. The van der Waals surface area contributed by atoms with E-state index >= 15 is 0 Å². The van der Waals surface area contributed by atoms with E-state index in [2.05, 4.69) is 5.32 Å². The molecule has 1 aromatic rings. The number of nitrogens with one attached hydrogen (secondary N) is 1. The highest BCUT2D eigenvalue weighted by atomic mass is 32.1. The number of aryl methyl sites for hydroxylation is 2. The summed E-state index contributed by atoms with van der Waals surface area (Å²) < 4.78 is 5.21. The quantitative estimate of drug-likeness (QED) is 0.440. The first kappa shape index (κ1) is 20.6. The summed E-state index contributed by atoms with van der Waals surface area (Å²) in [4.78, 5) is 38.5. The SMILES string of the molecule is Cc1cc(C(=O)CCC(=O)O[C@H](C)C(=O)NC2CCCCCC2)c(C)s1. The smallest absolute Gasteiger partial charge is 0.307 e. The third kappa shape index (κ3) is 6.24. The van der Waals surface area contributed by atoms with Crippen LogP contribution in [0.4, 0.5) is 0 Å². The lowest BCUT2D eigenvalue weighted by atomic mass is 10.1. The molecule has 1 heterocycles. The second-order valence-corrected chi connectivity index (χ2v) is 8.54. The first-order valence-electron chi connectivity index (χ1n) is 9.47. The van der Waals surface area contributed by atoms with Crippen LogP contribution in [0.2, 0.25) is 0 Å². The lowest BCUT2D eigenvalue weighted by Crippen LogP contribution is -2.41. The molecule has 0 radical (unpaired) electrons. The van der Waals surface area contributed by atoms with Crippen molar-refractivity contribution in [2.75, 3.05) is 0 Å². The van der Waals surface area contributed by atoms with Crippen LogP contribution in [0.1, 0.15) is 78.4 Å². The summed E-state index contributed by atoms with van der Waals surface area (Å²) in [6.45, 7) is 5.44. The zero-order valence-corrected chi connectivity index (χ0v) is 16.7. The second kappa shape index (κ2) is 9.86. The van der Waals surface area contributed by atoms with Gasteiger partial charge in [-0.25, -0.2) is 0 Å². The number of amides is 1. The first-order chi connectivity index (χ1) is 12.4. The molecule has 0 aromatic carbocycles. The second-order valence-electron chi connectivity index (χ2n) is 7.08. The fraction of sp³-hybridized carbons (Fsp3) is 0.650. The number of Topliss-reactive ketones (excluding diaryl/α,β-unsaturated/α-hetero) is 1. The Morgan fingerprint density at radius 1 is 1.15 bits per heavy atom. The maximum atomic E-state index is 12.2. The molecular weight excluding hydrogens is 350 g/mol. The minimum atomic E-state index is -0.828. The van der Waals surface area contributed by atoms with Crippen LogP contribution in [0.15, 0.2) is 6.07 Å². The normalized spacial score (nSPS) is 16.6. The summed E-state index contributed by atoms with van der Waals surface area (Å²) in [6, 6.07) is 2.04. The fourth-order valence-corrected chi connectivity index (χ4v) is 4.25. The molecule has 1 aliphatic rings. The molecule has 0 aliphatic heterocycles. The standard InChI is InChI=1S/C20H29NO4S/c1-13-12-17(15(3)26-13)18(22)10-11-19(23)25-14(2)20(24)21-16-8-6-4-5-7-9-16/h12,14,16H,4-11H2,1-3H3,(H,21,24)/t14-/m1/s1. The molecular formula is C20H29NO4S. The van der Waals surface area contributed by atoms with Gasteiger partial charge >= 0.3 is 5.97 Å². The van der Waals surface area contributed by atoms with E-state index < -0.39 is 12.1 Å². The minimum Gasteiger partial charge on any atom is -0.453 e. The predicted octanol–water partition coefficient (Wildman–Crippen LogP) is 4.10. The molecule has 144 valence electrons. The van der Waals surface area contributed by atoms with Crippen molar-refractivity contribution in [1.29, 1.82) is 0 Å². The average molecular weight is 380 g/mol. The molecule has 0 saturated heterocycles. The van der Waals surface area contributed by atoms with Gasteiger partial charge in [-0.3, -0.25) is 14.4 Å². The van der Waals surface area contributed by atoms with Crippen LogP contribution in [0.5, 0.6) is 0 Å². The van der Waals surface area contributed by atoms with Gasteiger partial charge in [0.15, 0.2) is 11.9 Å². The van der Waals surface area contributed by atoms with E-state index in [9.17, 15) is 14.4 Å². The van der Waals surface area contributed by atoms with Gasteiger partial charge in [0.25, 0.3) is 5.91 Å². The predicted molar refractivity (Wildman–Crippen MR) is 103 cm³/mol. The molecule has 0 spiro atoms. The molecule has 1 aromatic heterocycles. The Labute approximate surface area is 159 Å². The lowest BCUT2D eigenvalue weighted by molar-refractivity contribution is -0.155. The number of thiophene rings is 1. The third-order valence-electron chi connectivity index (χ3n) is 4.78. The van der Waals surface area contributed by atoms with Crippen molar-refractivity contribution in [1.82, 2.24) is 5.32 Å². The molecule has 0 unspecified atom stereocenters. The Balaban J connectivity index is 1.74. The van der Waals surface area contributed by atoms with E-state index in [1.165, 1.54) is 12.8 Å². The number of hydrogen-bond donors (Lipinski definition) is 1. The van der Waals surface area contributed by atoms with E-state index in [1.807, 2.05) is 19.9 Å². The lowest BCUT2D eigenvalue weighted by Gasteiger charge is -2.19. The Bertz CT molecular complexity index is 644. The maximum Gasteiger partial charge on any atom is 0.307 e. The summed E-state index contributed by atoms with van der Waals surface area (Å²) >= 11 is 1.57. The van der Waals surface area contributed by atoms with Crippen molar-refractivity contribution in [3.8, 4) is 0 Å². The minimum absolute atomic E-state index is 0.00574. The largest absolute Gasteiger partial charge is 0.453 e.